The molecule has 4 atom stereocenters. The van der Waals surface area contributed by atoms with E-state index in [0.29, 0.717) is 6.61 Å². The molecule has 0 aliphatic carbocycles. The minimum absolute atomic E-state index is 0.146. The number of nitrogens with one attached hydrogen (secondary N) is 1. The number of aryl methyl sites for hydroxylation is 1. The van der Waals surface area contributed by atoms with Gasteiger partial charge in [0.15, 0.2) is 0 Å². The summed E-state index contributed by atoms with van der Waals surface area (Å²) < 4.78 is 17.4. The van der Waals surface area contributed by atoms with Crippen molar-refractivity contribution in [2.24, 2.45) is 5.92 Å². The van der Waals surface area contributed by atoms with E-state index in [1.807, 2.05) is 44.2 Å². The van der Waals surface area contributed by atoms with E-state index in [9.17, 15) is 9.59 Å². The molecular weight excluding hydrogens is 442 g/mol. The second kappa shape index (κ2) is 15.4. The van der Waals surface area contributed by atoms with Crippen molar-refractivity contribution in [2.75, 3.05) is 6.61 Å². The molecule has 1 amide bonds. The summed E-state index contributed by atoms with van der Waals surface area (Å²) in [7, 11) is 0. The number of allylic oxidation sites excluding steroid dienone is 3. The summed E-state index contributed by atoms with van der Waals surface area (Å²) in [5, 5.41) is 2.55. The van der Waals surface area contributed by atoms with Crippen molar-refractivity contribution < 1.29 is 23.8 Å². The molecule has 0 unspecified atom stereocenters. The quantitative estimate of drug-likeness (QED) is 0.187. The molecule has 0 aromatic heterocycles. The molecule has 1 aromatic rings. The van der Waals surface area contributed by atoms with E-state index in [1.165, 1.54) is 5.56 Å². The van der Waals surface area contributed by atoms with E-state index in [2.05, 4.69) is 31.0 Å². The highest BCUT2D eigenvalue weighted by atomic mass is 16.6. The Morgan fingerprint density at radius 2 is 1.80 bits per heavy atom. The molecule has 6 heteroatoms. The summed E-state index contributed by atoms with van der Waals surface area (Å²) in [6.07, 6.45) is 5.91. The second-order valence-electron chi connectivity index (χ2n) is 9.87. The zero-order valence-electron chi connectivity index (χ0n) is 22.6. The highest BCUT2D eigenvalue weighted by molar-refractivity contribution is 5.81. The highest BCUT2D eigenvalue weighted by Gasteiger charge is 2.31. The van der Waals surface area contributed by atoms with Gasteiger partial charge >= 0.3 is 12.1 Å². The van der Waals surface area contributed by atoms with Crippen LogP contribution in [0.5, 0.6) is 0 Å². The van der Waals surface area contributed by atoms with E-state index in [4.69, 9.17) is 14.2 Å². The van der Waals surface area contributed by atoms with Crippen molar-refractivity contribution >= 4 is 12.1 Å². The number of rotatable bonds is 14. The van der Waals surface area contributed by atoms with Crippen molar-refractivity contribution in [3.63, 3.8) is 0 Å². The fourth-order valence-electron chi connectivity index (χ4n) is 3.81. The normalized spacial score (nSPS) is 15.5. The van der Waals surface area contributed by atoms with Crippen LogP contribution in [0.3, 0.4) is 0 Å². The Labute approximate surface area is 212 Å². The maximum atomic E-state index is 12.7. The van der Waals surface area contributed by atoms with E-state index < -0.39 is 29.8 Å². The minimum atomic E-state index is -0.842. The average molecular weight is 488 g/mol. The Hall–Kier alpha value is -2.60. The van der Waals surface area contributed by atoms with Gasteiger partial charge in [0.2, 0.25) is 0 Å². The van der Waals surface area contributed by atoms with Crippen LogP contribution in [0.1, 0.15) is 73.3 Å². The third-order valence-electron chi connectivity index (χ3n) is 5.73. The Morgan fingerprint density at radius 1 is 1.14 bits per heavy atom. The van der Waals surface area contributed by atoms with Crippen LogP contribution >= 0.6 is 0 Å². The highest BCUT2D eigenvalue weighted by Crippen LogP contribution is 2.26. The summed E-state index contributed by atoms with van der Waals surface area (Å²) in [5.74, 6) is -0.376. The van der Waals surface area contributed by atoms with Gasteiger partial charge in [-0.2, -0.15) is 0 Å². The summed E-state index contributed by atoms with van der Waals surface area (Å²) in [4.78, 5) is 24.8. The number of esters is 1. The van der Waals surface area contributed by atoms with Gasteiger partial charge in [-0.3, -0.25) is 0 Å². The molecule has 0 radical (unpaired) electrons. The van der Waals surface area contributed by atoms with Gasteiger partial charge in [-0.25, -0.2) is 9.59 Å². The van der Waals surface area contributed by atoms with E-state index in [0.717, 1.165) is 31.3 Å². The zero-order valence-corrected chi connectivity index (χ0v) is 22.6. The SMILES string of the molecule is C=C/C(=C\C)C[C@@H](CC)[C@@H](OCCCc1ccccc1)[C@H](C)OC(=O)[C@H](C)NC(=O)OC(C)(C)C. The maximum absolute atomic E-state index is 12.7. The van der Waals surface area contributed by atoms with Crippen LogP contribution in [0, 0.1) is 5.92 Å². The Kier molecular flexibility index (Phi) is 13.4. The second-order valence-corrected chi connectivity index (χ2v) is 9.87. The van der Waals surface area contributed by atoms with Gasteiger partial charge in [0.1, 0.15) is 17.7 Å². The summed E-state index contributed by atoms with van der Waals surface area (Å²) >= 11 is 0. The molecule has 6 nitrogen and oxygen atoms in total. The van der Waals surface area contributed by atoms with Gasteiger partial charge in [0.25, 0.3) is 0 Å². The number of ether oxygens (including phenoxy) is 3. The van der Waals surface area contributed by atoms with Crippen LogP contribution in [-0.4, -0.2) is 42.5 Å². The monoisotopic (exact) mass is 487 g/mol. The molecule has 0 aliphatic rings. The van der Waals surface area contributed by atoms with E-state index >= 15 is 0 Å². The number of alkyl carbamates (subject to hydrolysis) is 1. The molecule has 0 saturated heterocycles. The molecule has 1 N–H and O–H groups in total. The number of carbonyl (C=O) groups excluding carboxylic acids is 2. The lowest BCUT2D eigenvalue weighted by Crippen LogP contribution is -2.45. The molecule has 196 valence electrons. The molecule has 1 aromatic carbocycles. The Morgan fingerprint density at radius 3 is 2.34 bits per heavy atom. The molecule has 0 spiro atoms. The zero-order chi connectivity index (χ0) is 26.4. The fourth-order valence-corrected chi connectivity index (χ4v) is 3.81. The lowest BCUT2D eigenvalue weighted by atomic mass is 9.88. The van der Waals surface area contributed by atoms with Crippen LogP contribution in [0.4, 0.5) is 4.79 Å². The predicted octanol–water partition coefficient (Wildman–Crippen LogP) is 6.40. The smallest absolute Gasteiger partial charge is 0.408 e. The van der Waals surface area contributed by atoms with E-state index in [-0.39, 0.29) is 12.0 Å². The molecule has 0 fully saturated rings. The van der Waals surface area contributed by atoms with Crippen LogP contribution < -0.4 is 5.32 Å². The number of benzene rings is 1. The van der Waals surface area contributed by atoms with Crippen LogP contribution in [0.25, 0.3) is 0 Å². The lowest BCUT2D eigenvalue weighted by molar-refractivity contribution is -0.161. The molecule has 0 bridgehead atoms. The van der Waals surface area contributed by atoms with Crippen LogP contribution in [0.2, 0.25) is 0 Å². The van der Waals surface area contributed by atoms with Gasteiger partial charge in [-0.05, 0) is 72.3 Å². The topological polar surface area (TPSA) is 73.9 Å². The van der Waals surface area contributed by atoms with Crippen molar-refractivity contribution in [1.29, 1.82) is 0 Å². The molecular formula is C29H45NO5. The third kappa shape index (κ3) is 12.1. The first kappa shape index (κ1) is 30.4. The summed E-state index contributed by atoms with van der Waals surface area (Å²) in [5.41, 5.74) is 1.75. The van der Waals surface area contributed by atoms with Gasteiger partial charge in [0, 0.05) is 6.61 Å². The van der Waals surface area contributed by atoms with Crippen molar-refractivity contribution in [2.45, 2.75) is 98.0 Å². The molecule has 35 heavy (non-hydrogen) atoms. The number of hydrogen-bond donors (Lipinski definition) is 1. The largest absolute Gasteiger partial charge is 0.458 e. The number of amides is 1. The van der Waals surface area contributed by atoms with Crippen LogP contribution in [-0.2, 0) is 25.4 Å². The standard InChI is InChI=1S/C29H45NO5/c1-9-23(10-2)20-25(11-3)26(33-19-15-18-24-16-13-12-14-17-24)22(5)34-27(31)21(4)30-28(32)35-29(6,7)8/h9-10,12-14,16-17,21-22,25-26H,1,11,15,18-20H2,2-8H3,(H,30,32)/b23-10+/t21-,22-,25+,26-/m0/s1. The summed E-state index contributed by atoms with van der Waals surface area (Å²) in [6.45, 7) is 17.3. The number of carbonyl (C=O) groups is 2. The number of hydrogen-bond acceptors (Lipinski definition) is 5. The van der Waals surface area contributed by atoms with Gasteiger partial charge in [0.05, 0.1) is 6.10 Å². The molecule has 0 saturated carbocycles. The van der Waals surface area contributed by atoms with Crippen molar-refractivity contribution in [3.8, 4) is 0 Å². The van der Waals surface area contributed by atoms with Gasteiger partial charge < -0.3 is 19.5 Å². The van der Waals surface area contributed by atoms with Gasteiger partial charge in [-0.15, -0.1) is 0 Å². The third-order valence-corrected chi connectivity index (χ3v) is 5.73. The average Bonchev–Trinajstić information content (AvgIpc) is 2.79. The van der Waals surface area contributed by atoms with Crippen molar-refractivity contribution in [3.05, 3.63) is 60.2 Å². The van der Waals surface area contributed by atoms with Crippen LogP contribution in [0.15, 0.2) is 54.6 Å². The minimum Gasteiger partial charge on any atom is -0.458 e. The summed E-state index contributed by atoms with van der Waals surface area (Å²) in [6, 6.07) is 9.46. The Bertz CT molecular complexity index is 812. The molecule has 0 aliphatic heterocycles. The van der Waals surface area contributed by atoms with Gasteiger partial charge in [-0.1, -0.05) is 68.0 Å². The maximum Gasteiger partial charge on any atom is 0.408 e. The first-order chi connectivity index (χ1) is 16.5. The molecule has 0 heterocycles. The molecule has 1 rings (SSSR count). The van der Waals surface area contributed by atoms with E-state index in [1.54, 1.807) is 27.7 Å². The van der Waals surface area contributed by atoms with Crippen molar-refractivity contribution in [1.82, 2.24) is 5.32 Å². The first-order valence-electron chi connectivity index (χ1n) is 12.6. The lowest BCUT2D eigenvalue weighted by Gasteiger charge is -2.32. The predicted molar refractivity (Wildman–Crippen MR) is 141 cm³/mol. The first-order valence-corrected chi connectivity index (χ1v) is 12.6. The fraction of sp³-hybridized carbons (Fsp3) is 0.586. The Balaban J connectivity index is 2.83.